The Morgan fingerprint density at radius 3 is 2.47 bits per heavy atom. The van der Waals surface area contributed by atoms with Gasteiger partial charge in [-0.2, -0.15) is 0 Å². The Morgan fingerprint density at radius 2 is 1.64 bits per heavy atom. The second-order valence-electron chi connectivity index (χ2n) is 8.50. The number of para-hydroxylation sites is 2. The van der Waals surface area contributed by atoms with Crippen LogP contribution in [0.15, 0.2) is 97.1 Å². The van der Waals surface area contributed by atoms with Crippen LogP contribution in [0.1, 0.15) is 5.56 Å². The average molecular weight is 503 g/mol. The van der Waals surface area contributed by atoms with Crippen molar-refractivity contribution in [2.75, 3.05) is 24.0 Å². The maximum absolute atomic E-state index is 13.3. The summed E-state index contributed by atoms with van der Waals surface area (Å²) in [5, 5.41) is 5.00. The van der Waals surface area contributed by atoms with Gasteiger partial charge in [-0.05, 0) is 40.6 Å². The fourth-order valence-corrected chi connectivity index (χ4v) is 5.76. The molecule has 0 radical (unpaired) electrons. The third-order valence-corrected chi connectivity index (χ3v) is 7.66. The standard InChI is InChI=1S/C28H26N2O5S/c31-28(29-16-17-34-24-15-14-22-10-4-5-11-23(22)18-24)27-19-30(25-12-6-7-13-26(25)35-27)36(32,33)20-21-8-2-1-3-9-21/h1-15,18,27H,16-17,19-20H2,(H,29,31)/t27-/m0/s1. The van der Waals surface area contributed by atoms with E-state index in [1.165, 1.54) is 4.31 Å². The lowest BCUT2D eigenvalue weighted by Crippen LogP contribution is -2.51. The lowest BCUT2D eigenvalue weighted by Gasteiger charge is -2.34. The Labute approximate surface area is 210 Å². The van der Waals surface area contributed by atoms with Gasteiger partial charge in [-0.25, -0.2) is 8.42 Å². The number of fused-ring (bicyclic) bond motifs is 2. The van der Waals surface area contributed by atoms with Gasteiger partial charge in [-0.15, -0.1) is 0 Å². The zero-order valence-corrected chi connectivity index (χ0v) is 20.4. The van der Waals surface area contributed by atoms with Crippen molar-refractivity contribution >= 4 is 32.4 Å². The number of hydrogen-bond acceptors (Lipinski definition) is 5. The number of anilines is 1. The quantitative estimate of drug-likeness (QED) is 0.366. The highest BCUT2D eigenvalue weighted by molar-refractivity contribution is 7.92. The molecule has 1 N–H and O–H groups in total. The minimum absolute atomic E-state index is 0.108. The van der Waals surface area contributed by atoms with Crippen LogP contribution >= 0.6 is 0 Å². The van der Waals surface area contributed by atoms with Gasteiger partial charge in [0.25, 0.3) is 5.91 Å². The molecule has 1 aliphatic heterocycles. The van der Waals surface area contributed by atoms with E-state index < -0.39 is 22.0 Å². The van der Waals surface area contributed by atoms with E-state index in [-0.39, 0.29) is 25.4 Å². The molecule has 5 rings (SSSR count). The molecule has 1 heterocycles. The molecule has 4 aromatic rings. The van der Waals surface area contributed by atoms with Crippen LogP contribution in [0.3, 0.4) is 0 Å². The van der Waals surface area contributed by atoms with Gasteiger partial charge in [0.2, 0.25) is 10.0 Å². The molecule has 4 aromatic carbocycles. The van der Waals surface area contributed by atoms with E-state index in [0.717, 1.165) is 10.8 Å². The molecule has 184 valence electrons. The minimum Gasteiger partial charge on any atom is -0.492 e. The van der Waals surface area contributed by atoms with Gasteiger partial charge in [0.05, 0.1) is 24.5 Å². The maximum atomic E-state index is 13.3. The summed E-state index contributed by atoms with van der Waals surface area (Å²) in [5.74, 6) is 0.499. The predicted molar refractivity (Wildman–Crippen MR) is 140 cm³/mol. The van der Waals surface area contributed by atoms with Crippen molar-refractivity contribution in [3.8, 4) is 11.5 Å². The number of carbonyl (C=O) groups excluding carboxylic acids is 1. The lowest BCUT2D eigenvalue weighted by molar-refractivity contribution is -0.127. The van der Waals surface area contributed by atoms with Crippen LogP contribution in [0.25, 0.3) is 10.8 Å². The summed E-state index contributed by atoms with van der Waals surface area (Å²) in [4.78, 5) is 12.9. The normalized spacial score (nSPS) is 15.1. The van der Waals surface area contributed by atoms with Crippen molar-refractivity contribution in [2.45, 2.75) is 11.9 Å². The molecule has 0 aromatic heterocycles. The number of carbonyl (C=O) groups is 1. The third kappa shape index (κ3) is 5.28. The number of amides is 1. The van der Waals surface area contributed by atoms with Gasteiger partial charge in [0.1, 0.15) is 18.1 Å². The number of nitrogens with zero attached hydrogens (tertiary/aromatic N) is 1. The number of nitrogens with one attached hydrogen (secondary N) is 1. The summed E-state index contributed by atoms with van der Waals surface area (Å²) in [6.45, 7) is 0.414. The second-order valence-corrected chi connectivity index (χ2v) is 10.4. The lowest BCUT2D eigenvalue weighted by atomic mass is 10.1. The van der Waals surface area contributed by atoms with Crippen molar-refractivity contribution in [3.63, 3.8) is 0 Å². The number of hydrogen-bond donors (Lipinski definition) is 1. The molecule has 0 aliphatic carbocycles. The van der Waals surface area contributed by atoms with Gasteiger partial charge in [-0.1, -0.05) is 72.8 Å². The van der Waals surface area contributed by atoms with E-state index in [1.54, 1.807) is 48.5 Å². The number of benzene rings is 4. The zero-order valence-electron chi connectivity index (χ0n) is 19.5. The monoisotopic (exact) mass is 502 g/mol. The van der Waals surface area contributed by atoms with Crippen LogP contribution in [0.5, 0.6) is 11.5 Å². The first kappa shape index (κ1) is 23.7. The Bertz CT molecular complexity index is 1470. The van der Waals surface area contributed by atoms with E-state index >= 15 is 0 Å². The fourth-order valence-electron chi connectivity index (χ4n) is 4.18. The molecule has 8 heteroatoms. The highest BCUT2D eigenvalue weighted by Gasteiger charge is 2.36. The molecule has 36 heavy (non-hydrogen) atoms. The Morgan fingerprint density at radius 1 is 0.917 bits per heavy atom. The van der Waals surface area contributed by atoms with E-state index in [9.17, 15) is 13.2 Å². The summed E-state index contributed by atoms with van der Waals surface area (Å²) in [6.07, 6.45) is -0.980. The largest absolute Gasteiger partial charge is 0.492 e. The molecule has 1 atom stereocenters. The van der Waals surface area contributed by atoms with Crippen LogP contribution < -0.4 is 19.1 Å². The Balaban J connectivity index is 1.23. The number of ether oxygens (including phenoxy) is 2. The summed E-state index contributed by atoms with van der Waals surface area (Å²) in [7, 11) is -3.75. The first-order chi connectivity index (χ1) is 17.5. The van der Waals surface area contributed by atoms with Crippen molar-refractivity contribution in [1.29, 1.82) is 0 Å². The second kappa shape index (κ2) is 10.3. The maximum Gasteiger partial charge on any atom is 0.263 e. The van der Waals surface area contributed by atoms with Gasteiger partial charge >= 0.3 is 0 Å². The summed E-state index contributed by atoms with van der Waals surface area (Å²) < 4.78 is 39.6. The third-order valence-electron chi connectivity index (χ3n) is 5.95. The van der Waals surface area contributed by atoms with Gasteiger partial charge in [-0.3, -0.25) is 9.10 Å². The van der Waals surface area contributed by atoms with Crippen LogP contribution in [0.4, 0.5) is 5.69 Å². The predicted octanol–water partition coefficient (Wildman–Crippen LogP) is 4.13. The molecular weight excluding hydrogens is 476 g/mol. The fraction of sp³-hybridized carbons (Fsp3) is 0.179. The van der Waals surface area contributed by atoms with Crippen LogP contribution in [0, 0.1) is 0 Å². The smallest absolute Gasteiger partial charge is 0.263 e. The Hall–Kier alpha value is -4.04. The van der Waals surface area contributed by atoms with Crippen molar-refractivity contribution < 1.29 is 22.7 Å². The Kier molecular flexibility index (Phi) is 6.77. The van der Waals surface area contributed by atoms with E-state index in [4.69, 9.17) is 9.47 Å². The molecule has 0 saturated heterocycles. The zero-order chi connectivity index (χ0) is 25.0. The SMILES string of the molecule is O=C(NCCOc1ccc2ccccc2c1)[C@@H]1CN(S(=O)(=O)Cc2ccccc2)c2ccccc2O1. The molecule has 0 unspecified atom stereocenters. The van der Waals surface area contributed by atoms with Gasteiger partial charge in [0.15, 0.2) is 6.10 Å². The molecular formula is C28H26N2O5S. The average Bonchev–Trinajstić information content (AvgIpc) is 2.90. The highest BCUT2D eigenvalue weighted by atomic mass is 32.2. The topological polar surface area (TPSA) is 84.9 Å². The van der Waals surface area contributed by atoms with Gasteiger partial charge in [0, 0.05) is 0 Å². The number of sulfonamides is 1. The summed E-state index contributed by atoms with van der Waals surface area (Å²) in [5.41, 5.74) is 1.10. The molecule has 1 aliphatic rings. The van der Waals surface area contributed by atoms with E-state index in [2.05, 4.69) is 5.32 Å². The minimum atomic E-state index is -3.75. The first-order valence-corrected chi connectivity index (χ1v) is 13.3. The van der Waals surface area contributed by atoms with Crippen molar-refractivity contribution in [2.24, 2.45) is 0 Å². The van der Waals surface area contributed by atoms with Crippen LogP contribution in [-0.2, 0) is 20.6 Å². The summed E-state index contributed by atoms with van der Waals surface area (Å²) in [6, 6.07) is 29.7. The van der Waals surface area contributed by atoms with Gasteiger partial charge < -0.3 is 14.8 Å². The molecule has 1 amide bonds. The first-order valence-electron chi connectivity index (χ1n) is 11.7. The molecule has 7 nitrogen and oxygen atoms in total. The van der Waals surface area contributed by atoms with Crippen LogP contribution in [-0.4, -0.2) is 40.1 Å². The molecule has 0 saturated carbocycles. The van der Waals surface area contributed by atoms with E-state index in [0.29, 0.717) is 22.7 Å². The van der Waals surface area contributed by atoms with E-state index in [1.807, 2.05) is 48.5 Å². The molecule has 0 fully saturated rings. The van der Waals surface area contributed by atoms with Crippen LogP contribution in [0.2, 0.25) is 0 Å². The number of rotatable bonds is 8. The van der Waals surface area contributed by atoms with Crippen molar-refractivity contribution in [1.82, 2.24) is 5.32 Å². The van der Waals surface area contributed by atoms with Crippen molar-refractivity contribution in [3.05, 3.63) is 103 Å². The molecule has 0 spiro atoms. The summed E-state index contributed by atoms with van der Waals surface area (Å²) >= 11 is 0. The molecule has 0 bridgehead atoms. The highest BCUT2D eigenvalue weighted by Crippen LogP contribution is 2.35.